The van der Waals surface area contributed by atoms with E-state index in [1.165, 1.54) is 0 Å². The molecule has 0 bridgehead atoms. The van der Waals surface area contributed by atoms with Crippen molar-refractivity contribution in [2.75, 3.05) is 19.8 Å². The third-order valence-electron chi connectivity index (χ3n) is 3.30. The highest BCUT2D eigenvalue weighted by Gasteiger charge is 2.13. The lowest BCUT2D eigenvalue weighted by Crippen LogP contribution is -2.33. The Labute approximate surface area is 126 Å². The molecule has 0 spiro atoms. The number of carbonyl (C=O) groups is 1. The van der Waals surface area contributed by atoms with Crippen LogP contribution in [-0.4, -0.2) is 25.7 Å². The van der Waals surface area contributed by atoms with Crippen molar-refractivity contribution < 1.29 is 14.3 Å². The van der Waals surface area contributed by atoms with Crippen molar-refractivity contribution in [3.05, 3.63) is 35.4 Å². The van der Waals surface area contributed by atoms with Crippen molar-refractivity contribution in [1.82, 2.24) is 5.43 Å². The third-order valence-corrected chi connectivity index (χ3v) is 3.30. The van der Waals surface area contributed by atoms with Crippen LogP contribution in [0, 0.1) is 0 Å². The molecule has 1 unspecified atom stereocenters. The fourth-order valence-electron chi connectivity index (χ4n) is 1.84. The molecule has 1 aromatic rings. The highest BCUT2D eigenvalue weighted by atomic mass is 16.5. The van der Waals surface area contributed by atoms with Gasteiger partial charge in [-0.05, 0) is 24.5 Å². The number of carbonyl (C=O) groups excluding carboxylic acids is 1. The maximum atomic E-state index is 11.4. The first kappa shape index (κ1) is 17.6. The van der Waals surface area contributed by atoms with Crippen LogP contribution in [0.25, 0.3) is 0 Å². The van der Waals surface area contributed by atoms with Crippen molar-refractivity contribution in [2.24, 2.45) is 5.84 Å². The molecule has 5 heteroatoms. The lowest BCUT2D eigenvalue weighted by atomic mass is 9.99. The quantitative estimate of drug-likeness (QED) is 0.300. The van der Waals surface area contributed by atoms with Gasteiger partial charge in [-0.15, -0.1) is 0 Å². The first-order valence-electron chi connectivity index (χ1n) is 7.43. The number of hydrazine groups is 1. The van der Waals surface area contributed by atoms with E-state index in [1.54, 1.807) is 0 Å². The molecule has 0 heterocycles. The monoisotopic (exact) mass is 294 g/mol. The number of hydrogen-bond acceptors (Lipinski definition) is 4. The first-order valence-corrected chi connectivity index (χ1v) is 7.43. The zero-order chi connectivity index (χ0) is 15.5. The molecule has 1 aromatic carbocycles. The number of amides is 1. The van der Waals surface area contributed by atoms with Crippen molar-refractivity contribution in [2.45, 2.75) is 39.2 Å². The Morgan fingerprint density at radius 2 is 1.86 bits per heavy atom. The number of nitrogens with two attached hydrogens (primary N) is 1. The van der Waals surface area contributed by atoms with Crippen LogP contribution in [0.2, 0.25) is 0 Å². The van der Waals surface area contributed by atoms with Gasteiger partial charge in [0.1, 0.15) is 0 Å². The summed E-state index contributed by atoms with van der Waals surface area (Å²) < 4.78 is 11.0. The molecule has 0 saturated heterocycles. The number of hydrogen-bond donors (Lipinski definition) is 2. The normalized spacial score (nSPS) is 12.1. The van der Waals surface area contributed by atoms with Crippen LogP contribution in [-0.2, 0) is 20.9 Å². The second-order valence-electron chi connectivity index (χ2n) is 4.99. The number of rotatable bonds is 10. The Morgan fingerprint density at radius 3 is 2.48 bits per heavy atom. The SMILES string of the molecule is CCCCOCCOCc1ccc(C(C)C(=O)NN)cc1. The standard InChI is InChI=1S/C16H26N2O3/c1-3-4-9-20-10-11-21-12-14-5-7-15(8-6-14)13(2)16(19)18-17/h5-8,13H,3-4,9-12,17H2,1-2H3,(H,18,19). The number of benzene rings is 1. The van der Waals surface area contributed by atoms with Gasteiger partial charge in [0, 0.05) is 6.61 Å². The van der Waals surface area contributed by atoms with E-state index in [9.17, 15) is 4.79 Å². The Bertz CT molecular complexity index is 406. The molecule has 0 aliphatic heterocycles. The Morgan fingerprint density at radius 1 is 1.19 bits per heavy atom. The second kappa shape index (κ2) is 10.3. The van der Waals surface area contributed by atoms with E-state index < -0.39 is 0 Å². The van der Waals surface area contributed by atoms with Crippen molar-refractivity contribution >= 4 is 5.91 Å². The van der Waals surface area contributed by atoms with E-state index in [-0.39, 0.29) is 11.8 Å². The maximum absolute atomic E-state index is 11.4. The molecule has 0 saturated carbocycles. The molecule has 1 rings (SSSR count). The van der Waals surface area contributed by atoms with E-state index in [0.29, 0.717) is 19.8 Å². The largest absolute Gasteiger partial charge is 0.379 e. The van der Waals surface area contributed by atoms with E-state index >= 15 is 0 Å². The lowest BCUT2D eigenvalue weighted by Gasteiger charge is -2.11. The average Bonchev–Trinajstić information content (AvgIpc) is 2.53. The van der Waals surface area contributed by atoms with Crippen LogP contribution < -0.4 is 11.3 Å². The van der Waals surface area contributed by atoms with Gasteiger partial charge in [0.25, 0.3) is 0 Å². The molecular weight excluding hydrogens is 268 g/mol. The number of nitrogens with one attached hydrogen (secondary N) is 1. The van der Waals surface area contributed by atoms with Crippen LogP contribution in [0.5, 0.6) is 0 Å². The smallest absolute Gasteiger partial charge is 0.241 e. The van der Waals surface area contributed by atoms with Gasteiger partial charge in [-0.25, -0.2) is 5.84 Å². The molecule has 0 aliphatic carbocycles. The third kappa shape index (κ3) is 6.71. The molecule has 1 amide bonds. The summed E-state index contributed by atoms with van der Waals surface area (Å²) >= 11 is 0. The van der Waals surface area contributed by atoms with Crippen LogP contribution in [0.4, 0.5) is 0 Å². The summed E-state index contributed by atoms with van der Waals surface area (Å²) in [6.45, 7) is 6.54. The molecule has 0 aliphatic rings. The topological polar surface area (TPSA) is 73.6 Å². The summed E-state index contributed by atoms with van der Waals surface area (Å²) in [6, 6.07) is 7.79. The van der Waals surface area contributed by atoms with Crippen molar-refractivity contribution in [3.63, 3.8) is 0 Å². The van der Waals surface area contributed by atoms with E-state index in [4.69, 9.17) is 15.3 Å². The molecule has 118 valence electrons. The van der Waals surface area contributed by atoms with E-state index in [0.717, 1.165) is 30.6 Å². The van der Waals surface area contributed by atoms with Gasteiger partial charge in [0.05, 0.1) is 25.7 Å². The van der Waals surface area contributed by atoms with Gasteiger partial charge in [-0.3, -0.25) is 10.2 Å². The molecule has 0 fully saturated rings. The summed E-state index contributed by atoms with van der Waals surface area (Å²) in [4.78, 5) is 11.4. The minimum absolute atomic E-state index is 0.191. The Balaban J connectivity index is 2.26. The van der Waals surface area contributed by atoms with E-state index in [1.807, 2.05) is 31.2 Å². The van der Waals surface area contributed by atoms with Gasteiger partial charge in [0.2, 0.25) is 5.91 Å². The van der Waals surface area contributed by atoms with E-state index in [2.05, 4.69) is 12.3 Å². The Hall–Kier alpha value is -1.43. The first-order chi connectivity index (χ1) is 10.2. The molecule has 0 radical (unpaired) electrons. The predicted molar refractivity (Wildman–Crippen MR) is 82.6 cm³/mol. The van der Waals surface area contributed by atoms with Crippen molar-refractivity contribution in [1.29, 1.82) is 0 Å². The van der Waals surface area contributed by atoms with Gasteiger partial charge in [-0.1, -0.05) is 37.6 Å². The summed E-state index contributed by atoms with van der Waals surface area (Å²) in [5.41, 5.74) is 4.17. The molecular formula is C16H26N2O3. The zero-order valence-corrected chi connectivity index (χ0v) is 12.9. The van der Waals surface area contributed by atoms with Gasteiger partial charge >= 0.3 is 0 Å². The fraction of sp³-hybridized carbons (Fsp3) is 0.562. The molecule has 0 aromatic heterocycles. The summed E-state index contributed by atoms with van der Waals surface area (Å²) in [7, 11) is 0. The summed E-state index contributed by atoms with van der Waals surface area (Å²) in [5, 5.41) is 0. The second-order valence-corrected chi connectivity index (χ2v) is 4.99. The fourth-order valence-corrected chi connectivity index (χ4v) is 1.84. The highest BCUT2D eigenvalue weighted by Crippen LogP contribution is 2.16. The number of ether oxygens (including phenoxy) is 2. The van der Waals surface area contributed by atoms with Crippen LogP contribution in [0.15, 0.2) is 24.3 Å². The average molecular weight is 294 g/mol. The highest BCUT2D eigenvalue weighted by molar-refractivity contribution is 5.82. The predicted octanol–water partition coefficient (Wildman–Crippen LogP) is 2.11. The molecule has 3 N–H and O–H groups in total. The van der Waals surface area contributed by atoms with Crippen molar-refractivity contribution in [3.8, 4) is 0 Å². The summed E-state index contributed by atoms with van der Waals surface area (Å²) in [6.07, 6.45) is 2.24. The van der Waals surface area contributed by atoms with Crippen LogP contribution in [0.3, 0.4) is 0 Å². The van der Waals surface area contributed by atoms with Crippen LogP contribution >= 0.6 is 0 Å². The number of unbranched alkanes of at least 4 members (excludes halogenated alkanes) is 1. The minimum atomic E-state index is -0.253. The summed E-state index contributed by atoms with van der Waals surface area (Å²) in [5.74, 6) is 4.69. The minimum Gasteiger partial charge on any atom is -0.379 e. The van der Waals surface area contributed by atoms with Gasteiger partial charge in [0.15, 0.2) is 0 Å². The van der Waals surface area contributed by atoms with Crippen LogP contribution in [0.1, 0.15) is 43.7 Å². The lowest BCUT2D eigenvalue weighted by molar-refractivity contribution is -0.122. The molecule has 21 heavy (non-hydrogen) atoms. The van der Waals surface area contributed by atoms with Gasteiger partial charge < -0.3 is 9.47 Å². The van der Waals surface area contributed by atoms with Gasteiger partial charge in [-0.2, -0.15) is 0 Å². The maximum Gasteiger partial charge on any atom is 0.241 e. The Kier molecular flexibility index (Phi) is 8.66. The molecule has 1 atom stereocenters. The zero-order valence-electron chi connectivity index (χ0n) is 12.9. The molecule has 5 nitrogen and oxygen atoms in total.